The Morgan fingerprint density at radius 1 is 1.26 bits per heavy atom. The Labute approximate surface area is 139 Å². The van der Waals surface area contributed by atoms with Gasteiger partial charge in [-0.05, 0) is 44.6 Å². The van der Waals surface area contributed by atoms with Crippen molar-refractivity contribution in [2.24, 2.45) is 0 Å². The van der Waals surface area contributed by atoms with E-state index >= 15 is 0 Å². The minimum atomic E-state index is 0.406. The maximum Gasteiger partial charge on any atom is 0.150 e. The second kappa shape index (κ2) is 5.88. The number of hydrogen-bond donors (Lipinski definition) is 0. The summed E-state index contributed by atoms with van der Waals surface area (Å²) in [7, 11) is 0. The lowest BCUT2D eigenvalue weighted by atomic mass is 10.0. The lowest BCUT2D eigenvalue weighted by molar-refractivity contribution is 0.392. The van der Waals surface area contributed by atoms with Gasteiger partial charge in [-0.3, -0.25) is 0 Å². The first kappa shape index (κ1) is 14.6. The van der Waals surface area contributed by atoms with E-state index in [2.05, 4.69) is 36.4 Å². The molecule has 1 aliphatic rings. The molecule has 3 aromatic rings. The summed E-state index contributed by atoms with van der Waals surface area (Å²) in [4.78, 5) is 15.8. The van der Waals surface area contributed by atoms with Crippen molar-refractivity contribution >= 4 is 27.4 Å². The third-order valence-electron chi connectivity index (χ3n) is 4.47. The minimum absolute atomic E-state index is 0.406. The summed E-state index contributed by atoms with van der Waals surface area (Å²) >= 11 is 1.72. The van der Waals surface area contributed by atoms with E-state index in [9.17, 15) is 0 Å². The summed E-state index contributed by atoms with van der Waals surface area (Å²) in [6.45, 7) is 5.88. The second-order valence-electron chi connectivity index (χ2n) is 6.06. The van der Waals surface area contributed by atoms with Crippen LogP contribution in [0.3, 0.4) is 0 Å². The summed E-state index contributed by atoms with van der Waals surface area (Å²) in [5.41, 5.74) is 1.04. The van der Waals surface area contributed by atoms with Crippen molar-refractivity contribution in [3.05, 3.63) is 29.4 Å². The maximum atomic E-state index is 4.60. The van der Waals surface area contributed by atoms with Crippen LogP contribution in [0.5, 0.6) is 0 Å². The lowest BCUT2D eigenvalue weighted by Crippen LogP contribution is -2.43. The molecule has 0 saturated carbocycles. The molecule has 4 heterocycles. The monoisotopic (exact) mass is 328 g/mol. The zero-order chi connectivity index (χ0) is 15.8. The molecular formula is C16H20N6S. The Morgan fingerprint density at radius 2 is 2.17 bits per heavy atom. The number of hydrogen-bond acceptors (Lipinski definition) is 6. The van der Waals surface area contributed by atoms with Gasteiger partial charge in [-0.2, -0.15) is 5.10 Å². The van der Waals surface area contributed by atoms with Gasteiger partial charge >= 0.3 is 0 Å². The molecule has 1 saturated heterocycles. The van der Waals surface area contributed by atoms with Crippen LogP contribution in [0.15, 0.2) is 17.8 Å². The molecular weight excluding hydrogens is 308 g/mol. The van der Waals surface area contributed by atoms with Crippen LogP contribution in [0.25, 0.3) is 10.2 Å². The third-order valence-corrected chi connectivity index (χ3v) is 5.37. The first-order valence-electron chi connectivity index (χ1n) is 8.05. The van der Waals surface area contributed by atoms with E-state index in [1.54, 1.807) is 17.7 Å². The molecule has 1 fully saturated rings. The molecule has 7 heteroatoms. The van der Waals surface area contributed by atoms with Crippen molar-refractivity contribution in [1.82, 2.24) is 24.7 Å². The van der Waals surface area contributed by atoms with E-state index in [-0.39, 0.29) is 0 Å². The number of rotatable bonds is 3. The molecule has 1 atom stereocenters. The molecule has 23 heavy (non-hydrogen) atoms. The summed E-state index contributed by atoms with van der Waals surface area (Å²) in [6.07, 6.45) is 5.31. The van der Waals surface area contributed by atoms with Crippen molar-refractivity contribution in [3.8, 4) is 0 Å². The van der Waals surface area contributed by atoms with Gasteiger partial charge in [-0.1, -0.05) is 0 Å². The Kier molecular flexibility index (Phi) is 3.72. The van der Waals surface area contributed by atoms with E-state index in [0.717, 1.165) is 42.5 Å². The van der Waals surface area contributed by atoms with Gasteiger partial charge in [-0.15, -0.1) is 11.3 Å². The van der Waals surface area contributed by atoms with Gasteiger partial charge in [0, 0.05) is 6.54 Å². The number of nitrogens with zero attached hydrogens (tertiary/aromatic N) is 6. The average molecular weight is 328 g/mol. The SMILES string of the molecule is Cc1nc(C)n(C[C@@H]2CCCCN2c2ncnc3ccsc23)n1. The number of thiophene rings is 1. The Morgan fingerprint density at radius 3 is 3.00 bits per heavy atom. The third kappa shape index (κ3) is 2.69. The lowest BCUT2D eigenvalue weighted by Gasteiger charge is -2.36. The minimum Gasteiger partial charge on any atom is -0.350 e. The molecule has 0 spiro atoms. The highest BCUT2D eigenvalue weighted by Crippen LogP contribution is 2.32. The van der Waals surface area contributed by atoms with Crippen molar-refractivity contribution in [3.63, 3.8) is 0 Å². The normalized spacial score (nSPS) is 18.7. The van der Waals surface area contributed by atoms with Crippen molar-refractivity contribution in [1.29, 1.82) is 0 Å². The van der Waals surface area contributed by atoms with Gasteiger partial charge in [0.1, 0.15) is 23.8 Å². The van der Waals surface area contributed by atoms with E-state index in [1.807, 2.05) is 18.5 Å². The van der Waals surface area contributed by atoms with Crippen molar-refractivity contribution < 1.29 is 0 Å². The molecule has 1 aliphatic heterocycles. The number of fused-ring (bicyclic) bond motifs is 1. The van der Waals surface area contributed by atoms with Crippen molar-refractivity contribution in [2.45, 2.75) is 45.7 Å². The van der Waals surface area contributed by atoms with Crippen LogP contribution < -0.4 is 4.90 Å². The molecule has 0 amide bonds. The predicted octanol–water partition coefficient (Wildman–Crippen LogP) is 2.96. The highest BCUT2D eigenvalue weighted by molar-refractivity contribution is 7.17. The Bertz CT molecular complexity index is 823. The summed E-state index contributed by atoms with van der Waals surface area (Å²) < 4.78 is 3.22. The number of piperidine rings is 1. The molecule has 6 nitrogen and oxygen atoms in total. The van der Waals surface area contributed by atoms with Gasteiger partial charge in [0.15, 0.2) is 0 Å². The highest BCUT2D eigenvalue weighted by Gasteiger charge is 2.26. The van der Waals surface area contributed by atoms with Gasteiger partial charge in [0.2, 0.25) is 0 Å². The van der Waals surface area contributed by atoms with Crippen LogP contribution in [-0.2, 0) is 6.54 Å². The maximum absolute atomic E-state index is 4.60. The fraction of sp³-hybridized carbons (Fsp3) is 0.500. The van der Waals surface area contributed by atoms with E-state index in [1.165, 1.54) is 17.5 Å². The molecule has 0 unspecified atom stereocenters. The van der Waals surface area contributed by atoms with Crippen molar-refractivity contribution in [2.75, 3.05) is 11.4 Å². The smallest absolute Gasteiger partial charge is 0.150 e. The van der Waals surface area contributed by atoms with Crippen LogP contribution in [0.1, 0.15) is 30.9 Å². The molecule has 3 aromatic heterocycles. The van der Waals surface area contributed by atoms with Crippen LogP contribution in [0.2, 0.25) is 0 Å². The quantitative estimate of drug-likeness (QED) is 0.740. The molecule has 0 N–H and O–H groups in total. The molecule has 120 valence electrons. The summed E-state index contributed by atoms with van der Waals surface area (Å²) in [6, 6.07) is 2.47. The van der Waals surface area contributed by atoms with Crippen LogP contribution in [0, 0.1) is 13.8 Å². The van der Waals surface area contributed by atoms with Gasteiger partial charge < -0.3 is 4.90 Å². The molecule has 0 aliphatic carbocycles. The summed E-state index contributed by atoms with van der Waals surface area (Å²) in [5, 5.41) is 6.62. The average Bonchev–Trinajstić information content (AvgIpc) is 3.14. The number of aryl methyl sites for hydroxylation is 2. The van der Waals surface area contributed by atoms with Crippen LogP contribution >= 0.6 is 11.3 Å². The number of aromatic nitrogens is 5. The van der Waals surface area contributed by atoms with Gasteiger partial charge in [-0.25, -0.2) is 19.6 Å². The second-order valence-corrected chi connectivity index (χ2v) is 6.98. The summed E-state index contributed by atoms with van der Waals surface area (Å²) in [5.74, 6) is 2.90. The standard InChI is InChI=1S/C16H20N6S/c1-11-19-12(2)22(20-11)9-13-5-3-4-7-21(13)16-15-14(6-8-23-15)17-10-18-16/h6,8,10,13H,3-5,7,9H2,1-2H3/t13-/m0/s1. The first-order valence-corrected chi connectivity index (χ1v) is 8.93. The first-order chi connectivity index (χ1) is 11.2. The fourth-order valence-corrected chi connectivity index (χ4v) is 4.23. The van der Waals surface area contributed by atoms with Crippen LogP contribution in [0.4, 0.5) is 5.82 Å². The molecule has 0 aromatic carbocycles. The van der Waals surface area contributed by atoms with Gasteiger partial charge in [0.25, 0.3) is 0 Å². The largest absolute Gasteiger partial charge is 0.350 e. The van der Waals surface area contributed by atoms with Gasteiger partial charge in [0.05, 0.1) is 22.8 Å². The Hall–Kier alpha value is -2.02. The zero-order valence-corrected chi connectivity index (χ0v) is 14.3. The topological polar surface area (TPSA) is 59.7 Å². The Balaban J connectivity index is 1.68. The predicted molar refractivity (Wildman–Crippen MR) is 91.9 cm³/mol. The molecule has 0 bridgehead atoms. The molecule has 4 rings (SSSR count). The van der Waals surface area contributed by atoms with Crippen LogP contribution in [-0.4, -0.2) is 37.3 Å². The van der Waals surface area contributed by atoms with E-state index < -0.39 is 0 Å². The zero-order valence-electron chi connectivity index (χ0n) is 13.4. The van der Waals surface area contributed by atoms with E-state index in [4.69, 9.17) is 0 Å². The molecule has 0 radical (unpaired) electrons. The highest BCUT2D eigenvalue weighted by atomic mass is 32.1. The number of anilines is 1. The fourth-order valence-electron chi connectivity index (χ4n) is 3.38. The van der Waals surface area contributed by atoms with E-state index in [0.29, 0.717) is 6.04 Å².